The van der Waals surface area contributed by atoms with Crippen molar-refractivity contribution in [2.24, 2.45) is 5.92 Å². The largest absolute Gasteiger partial charge is 0.347 e. The Morgan fingerprint density at radius 3 is 2.87 bits per heavy atom. The molecule has 5 heterocycles. The Hall–Kier alpha value is -1.86. The molecule has 2 aromatic rings. The standard InChI is InChI=1S/C16H17FN4OS/c17-14-7-11(1-4-18-14)16-19-8-13(23-16)15(22)20-12-9-21-5-2-10(12)3-6-21/h1,4,7-8,10,12H,2-3,5-6,9H2,(H,20,22)/t12-/m0/s1. The summed E-state index contributed by atoms with van der Waals surface area (Å²) in [7, 11) is 0. The molecule has 0 saturated carbocycles. The molecule has 1 amide bonds. The molecule has 7 heteroatoms. The molecule has 23 heavy (non-hydrogen) atoms. The van der Waals surface area contributed by atoms with Gasteiger partial charge in [0.2, 0.25) is 5.95 Å². The summed E-state index contributed by atoms with van der Waals surface area (Å²) in [6.45, 7) is 3.24. The molecule has 0 unspecified atom stereocenters. The molecule has 120 valence electrons. The Labute approximate surface area is 137 Å². The van der Waals surface area contributed by atoms with Crippen molar-refractivity contribution in [1.29, 1.82) is 0 Å². The Kier molecular flexibility index (Phi) is 3.82. The first-order chi connectivity index (χ1) is 11.2. The molecule has 0 aromatic carbocycles. The van der Waals surface area contributed by atoms with E-state index in [1.807, 2.05) is 0 Å². The number of hydrogen-bond acceptors (Lipinski definition) is 5. The summed E-state index contributed by atoms with van der Waals surface area (Å²) in [6.07, 6.45) is 5.29. The Bertz CT molecular complexity index is 726. The monoisotopic (exact) mass is 332 g/mol. The van der Waals surface area contributed by atoms with Crippen molar-refractivity contribution in [2.45, 2.75) is 18.9 Å². The van der Waals surface area contributed by atoms with Crippen LogP contribution < -0.4 is 5.32 Å². The first kappa shape index (κ1) is 14.7. The molecule has 5 rings (SSSR count). The summed E-state index contributed by atoms with van der Waals surface area (Å²) < 4.78 is 13.2. The van der Waals surface area contributed by atoms with Crippen LogP contribution in [0.3, 0.4) is 0 Å². The number of fused-ring (bicyclic) bond motifs is 3. The highest BCUT2D eigenvalue weighted by Gasteiger charge is 2.35. The molecule has 2 bridgehead atoms. The van der Waals surface area contributed by atoms with Gasteiger partial charge in [0.25, 0.3) is 5.91 Å². The molecule has 0 radical (unpaired) electrons. The number of hydrogen-bond donors (Lipinski definition) is 1. The average Bonchev–Trinajstić information content (AvgIpc) is 3.06. The van der Waals surface area contributed by atoms with E-state index >= 15 is 0 Å². The summed E-state index contributed by atoms with van der Waals surface area (Å²) in [4.78, 5) is 23.2. The topological polar surface area (TPSA) is 58.1 Å². The second-order valence-electron chi connectivity index (χ2n) is 6.11. The van der Waals surface area contributed by atoms with Gasteiger partial charge in [-0.1, -0.05) is 0 Å². The third-order valence-corrected chi connectivity index (χ3v) is 5.72. The molecule has 3 aliphatic heterocycles. The van der Waals surface area contributed by atoms with Gasteiger partial charge in [-0.25, -0.2) is 9.97 Å². The van der Waals surface area contributed by atoms with Crippen LogP contribution in [0.15, 0.2) is 24.5 Å². The fourth-order valence-electron chi connectivity index (χ4n) is 3.42. The van der Waals surface area contributed by atoms with Gasteiger partial charge in [-0.15, -0.1) is 11.3 Å². The van der Waals surface area contributed by atoms with E-state index in [1.165, 1.54) is 23.6 Å². The quantitative estimate of drug-likeness (QED) is 0.875. The summed E-state index contributed by atoms with van der Waals surface area (Å²) in [5, 5.41) is 3.78. The van der Waals surface area contributed by atoms with Gasteiger partial charge in [0, 0.05) is 30.4 Å². The molecule has 3 saturated heterocycles. The van der Waals surface area contributed by atoms with Gasteiger partial charge < -0.3 is 10.2 Å². The van der Waals surface area contributed by atoms with Gasteiger partial charge in [0.05, 0.1) is 6.20 Å². The minimum Gasteiger partial charge on any atom is -0.347 e. The number of carbonyl (C=O) groups is 1. The van der Waals surface area contributed by atoms with E-state index in [-0.39, 0.29) is 11.9 Å². The molecule has 1 N–H and O–H groups in total. The van der Waals surface area contributed by atoms with Crippen LogP contribution in [0.5, 0.6) is 0 Å². The van der Waals surface area contributed by atoms with Gasteiger partial charge in [0.1, 0.15) is 9.88 Å². The van der Waals surface area contributed by atoms with Crippen molar-refractivity contribution in [1.82, 2.24) is 20.2 Å². The Morgan fingerprint density at radius 1 is 1.35 bits per heavy atom. The molecule has 0 spiro atoms. The van der Waals surface area contributed by atoms with Gasteiger partial charge >= 0.3 is 0 Å². The van der Waals surface area contributed by atoms with E-state index < -0.39 is 5.95 Å². The molecule has 3 aliphatic rings. The maximum atomic E-state index is 13.2. The number of piperidine rings is 3. The number of amides is 1. The Balaban J connectivity index is 1.47. The number of thiazole rings is 1. The molecule has 1 atom stereocenters. The highest BCUT2D eigenvalue weighted by molar-refractivity contribution is 7.16. The highest BCUT2D eigenvalue weighted by atomic mass is 32.1. The van der Waals surface area contributed by atoms with Gasteiger partial charge in [-0.05, 0) is 37.9 Å². The lowest BCUT2D eigenvalue weighted by Crippen LogP contribution is -2.57. The van der Waals surface area contributed by atoms with Gasteiger partial charge in [-0.2, -0.15) is 4.39 Å². The van der Waals surface area contributed by atoms with E-state index in [4.69, 9.17) is 0 Å². The van der Waals surface area contributed by atoms with Crippen molar-refractivity contribution in [3.05, 3.63) is 35.4 Å². The number of aromatic nitrogens is 2. The first-order valence-corrected chi connectivity index (χ1v) is 8.61. The van der Waals surface area contributed by atoms with E-state index in [1.54, 1.807) is 12.3 Å². The number of nitrogens with one attached hydrogen (secondary N) is 1. The third-order valence-electron chi connectivity index (χ3n) is 4.68. The molecular formula is C16H17FN4OS. The van der Waals surface area contributed by atoms with Crippen molar-refractivity contribution < 1.29 is 9.18 Å². The second kappa shape index (κ2) is 5.98. The smallest absolute Gasteiger partial charge is 0.263 e. The van der Waals surface area contributed by atoms with Crippen molar-refractivity contribution >= 4 is 17.2 Å². The number of nitrogens with zero attached hydrogens (tertiary/aromatic N) is 3. The van der Waals surface area contributed by atoms with Crippen molar-refractivity contribution in [3.63, 3.8) is 0 Å². The maximum absolute atomic E-state index is 13.2. The van der Waals surface area contributed by atoms with Crippen LogP contribution >= 0.6 is 11.3 Å². The van der Waals surface area contributed by atoms with Crippen LogP contribution in [0, 0.1) is 11.9 Å². The van der Waals surface area contributed by atoms with Gasteiger partial charge in [-0.3, -0.25) is 4.79 Å². The first-order valence-electron chi connectivity index (χ1n) is 7.80. The number of halogens is 1. The molecule has 2 aromatic heterocycles. The normalized spacial score (nSPS) is 26.2. The van der Waals surface area contributed by atoms with Crippen molar-refractivity contribution in [3.8, 4) is 10.6 Å². The van der Waals surface area contributed by atoms with Crippen LogP contribution in [0.25, 0.3) is 10.6 Å². The minimum atomic E-state index is -0.545. The van der Waals surface area contributed by atoms with Crippen LogP contribution in [0.2, 0.25) is 0 Å². The summed E-state index contributed by atoms with van der Waals surface area (Å²) in [6, 6.07) is 3.25. The number of carbonyl (C=O) groups excluding carboxylic acids is 1. The molecule has 3 fully saturated rings. The van der Waals surface area contributed by atoms with E-state index in [0.717, 1.165) is 32.5 Å². The van der Waals surface area contributed by atoms with E-state index in [9.17, 15) is 9.18 Å². The fraction of sp³-hybridized carbons (Fsp3) is 0.438. The predicted octanol–water partition coefficient (Wildman–Crippen LogP) is 2.17. The van der Waals surface area contributed by atoms with E-state index in [2.05, 4.69) is 20.2 Å². The lowest BCUT2D eigenvalue weighted by atomic mass is 9.84. The summed E-state index contributed by atoms with van der Waals surface area (Å²) in [5.74, 6) is -0.0383. The van der Waals surface area contributed by atoms with Crippen molar-refractivity contribution in [2.75, 3.05) is 19.6 Å². The zero-order valence-electron chi connectivity index (χ0n) is 12.5. The fourth-order valence-corrected chi connectivity index (χ4v) is 4.23. The number of pyridine rings is 1. The van der Waals surface area contributed by atoms with E-state index in [0.29, 0.717) is 21.4 Å². The summed E-state index contributed by atoms with van der Waals surface area (Å²) >= 11 is 1.28. The highest BCUT2D eigenvalue weighted by Crippen LogP contribution is 2.29. The van der Waals surface area contributed by atoms with Crippen LogP contribution in [0.4, 0.5) is 4.39 Å². The SMILES string of the molecule is O=C(N[C@H]1CN2CCC1CC2)c1cnc(-c2ccnc(F)c2)s1. The molecular weight excluding hydrogens is 315 g/mol. The van der Waals surface area contributed by atoms with Crippen LogP contribution in [-0.4, -0.2) is 46.5 Å². The second-order valence-corrected chi connectivity index (χ2v) is 7.15. The summed E-state index contributed by atoms with van der Waals surface area (Å²) in [5.41, 5.74) is 0.643. The lowest BCUT2D eigenvalue weighted by molar-refractivity contribution is 0.0622. The zero-order chi connectivity index (χ0) is 15.8. The molecule has 5 nitrogen and oxygen atoms in total. The maximum Gasteiger partial charge on any atom is 0.263 e. The minimum absolute atomic E-state index is 0.0815. The number of rotatable bonds is 3. The predicted molar refractivity (Wildman–Crippen MR) is 85.7 cm³/mol. The average molecular weight is 332 g/mol. The Morgan fingerprint density at radius 2 is 2.17 bits per heavy atom. The zero-order valence-corrected chi connectivity index (χ0v) is 13.4. The van der Waals surface area contributed by atoms with Crippen LogP contribution in [-0.2, 0) is 0 Å². The molecule has 0 aliphatic carbocycles. The van der Waals surface area contributed by atoms with Gasteiger partial charge in [0.15, 0.2) is 0 Å². The van der Waals surface area contributed by atoms with Crippen LogP contribution in [0.1, 0.15) is 22.5 Å². The third kappa shape index (κ3) is 2.98. The lowest BCUT2D eigenvalue weighted by Gasteiger charge is -2.44.